The molecule has 0 unspecified atom stereocenters. The Kier molecular flexibility index (Phi) is 4.62. The normalized spacial score (nSPS) is 18.3. The van der Waals surface area contributed by atoms with E-state index in [0.29, 0.717) is 13.1 Å². The quantitative estimate of drug-likeness (QED) is 0.899. The summed E-state index contributed by atoms with van der Waals surface area (Å²) >= 11 is 0. The summed E-state index contributed by atoms with van der Waals surface area (Å²) in [5.41, 5.74) is 2.91. The van der Waals surface area contributed by atoms with Crippen LogP contribution < -0.4 is 9.47 Å². The van der Waals surface area contributed by atoms with E-state index in [4.69, 9.17) is 14.6 Å². The average molecular weight is 365 g/mol. The van der Waals surface area contributed by atoms with Gasteiger partial charge in [0, 0.05) is 31.5 Å². The molecule has 1 fully saturated rings. The molecule has 1 N–H and O–H groups in total. The number of benzene rings is 2. The summed E-state index contributed by atoms with van der Waals surface area (Å²) in [5.74, 6) is 0.917. The number of methoxy groups -OCH3 is 1. The standard InChI is InChI=1S/C22H23NO4/c1-26-17-6-4-5-16(13-17)19-14-22(27-20-8-3-2-7-18(19)20)9-11-23(12-10-22)15-21(24)25/h2-8,13-14H,9-12,15H2,1H3,(H,24,25). The van der Waals surface area contributed by atoms with Crippen molar-refractivity contribution in [3.63, 3.8) is 0 Å². The topological polar surface area (TPSA) is 59.0 Å². The summed E-state index contributed by atoms with van der Waals surface area (Å²) in [6.45, 7) is 1.49. The largest absolute Gasteiger partial charge is 0.497 e. The lowest BCUT2D eigenvalue weighted by molar-refractivity contribution is -0.139. The molecule has 2 aromatic carbocycles. The minimum Gasteiger partial charge on any atom is -0.497 e. The summed E-state index contributed by atoms with van der Waals surface area (Å²) < 4.78 is 11.8. The Morgan fingerprint density at radius 2 is 1.96 bits per heavy atom. The van der Waals surface area contributed by atoms with Gasteiger partial charge < -0.3 is 14.6 Å². The number of piperidine rings is 1. The highest BCUT2D eigenvalue weighted by atomic mass is 16.5. The van der Waals surface area contributed by atoms with Crippen LogP contribution >= 0.6 is 0 Å². The zero-order chi connectivity index (χ0) is 18.9. The summed E-state index contributed by atoms with van der Waals surface area (Å²) in [7, 11) is 1.67. The van der Waals surface area contributed by atoms with Gasteiger partial charge in [-0.2, -0.15) is 0 Å². The van der Waals surface area contributed by atoms with Crippen LogP contribution in [0.5, 0.6) is 11.5 Å². The number of carbonyl (C=O) groups is 1. The van der Waals surface area contributed by atoms with E-state index in [2.05, 4.69) is 18.2 Å². The first-order valence-corrected chi connectivity index (χ1v) is 9.18. The van der Waals surface area contributed by atoms with Crippen molar-refractivity contribution in [2.75, 3.05) is 26.7 Å². The minimum atomic E-state index is -0.784. The maximum absolute atomic E-state index is 11.0. The number of para-hydroxylation sites is 1. The smallest absolute Gasteiger partial charge is 0.317 e. The molecule has 1 saturated heterocycles. The van der Waals surface area contributed by atoms with Crippen molar-refractivity contribution < 1.29 is 19.4 Å². The Bertz CT molecular complexity index is 881. The van der Waals surface area contributed by atoms with Gasteiger partial charge in [-0.1, -0.05) is 30.3 Å². The molecule has 2 aromatic rings. The van der Waals surface area contributed by atoms with Crippen molar-refractivity contribution in [3.8, 4) is 11.5 Å². The molecule has 0 radical (unpaired) electrons. The van der Waals surface area contributed by atoms with Crippen LogP contribution in [-0.2, 0) is 4.79 Å². The van der Waals surface area contributed by atoms with E-state index in [1.54, 1.807) is 7.11 Å². The van der Waals surface area contributed by atoms with Crippen molar-refractivity contribution in [3.05, 3.63) is 65.7 Å². The zero-order valence-corrected chi connectivity index (χ0v) is 15.4. The Balaban J connectivity index is 1.70. The van der Waals surface area contributed by atoms with Crippen LogP contribution in [0, 0.1) is 0 Å². The van der Waals surface area contributed by atoms with Gasteiger partial charge in [0.05, 0.1) is 13.7 Å². The van der Waals surface area contributed by atoms with Gasteiger partial charge in [-0.25, -0.2) is 0 Å². The van der Waals surface area contributed by atoms with Crippen molar-refractivity contribution in [1.29, 1.82) is 0 Å². The van der Waals surface area contributed by atoms with E-state index in [0.717, 1.165) is 41.0 Å². The molecule has 0 bridgehead atoms. The van der Waals surface area contributed by atoms with Crippen LogP contribution in [0.3, 0.4) is 0 Å². The lowest BCUT2D eigenvalue weighted by atomic mass is 9.83. The van der Waals surface area contributed by atoms with Gasteiger partial charge in [0.1, 0.15) is 17.1 Å². The second kappa shape index (κ2) is 7.08. The van der Waals surface area contributed by atoms with Crippen LogP contribution in [0.1, 0.15) is 24.0 Å². The van der Waals surface area contributed by atoms with Gasteiger partial charge in [-0.15, -0.1) is 0 Å². The van der Waals surface area contributed by atoms with E-state index < -0.39 is 11.6 Å². The molecule has 2 heterocycles. The van der Waals surface area contributed by atoms with Gasteiger partial charge in [0.15, 0.2) is 0 Å². The van der Waals surface area contributed by atoms with Crippen molar-refractivity contribution in [2.24, 2.45) is 0 Å². The Labute approximate surface area is 158 Å². The predicted molar refractivity (Wildman–Crippen MR) is 103 cm³/mol. The average Bonchev–Trinajstić information content (AvgIpc) is 2.69. The van der Waals surface area contributed by atoms with Crippen LogP contribution in [0.25, 0.3) is 5.57 Å². The molecule has 0 aliphatic carbocycles. The monoisotopic (exact) mass is 365 g/mol. The van der Waals surface area contributed by atoms with Crippen molar-refractivity contribution >= 4 is 11.5 Å². The number of fused-ring (bicyclic) bond motifs is 1. The number of hydrogen-bond acceptors (Lipinski definition) is 4. The number of rotatable bonds is 4. The molecule has 0 amide bonds. The van der Waals surface area contributed by atoms with E-state index in [1.807, 2.05) is 41.3 Å². The second-order valence-corrected chi connectivity index (χ2v) is 7.12. The molecule has 4 rings (SSSR count). The number of carboxylic acid groups (broad SMARTS) is 1. The van der Waals surface area contributed by atoms with E-state index in [1.165, 1.54) is 0 Å². The highest BCUT2D eigenvalue weighted by molar-refractivity contribution is 5.85. The Hall–Kier alpha value is -2.79. The third-order valence-electron chi connectivity index (χ3n) is 5.34. The van der Waals surface area contributed by atoms with Gasteiger partial charge >= 0.3 is 5.97 Å². The van der Waals surface area contributed by atoms with Crippen LogP contribution in [-0.4, -0.2) is 48.3 Å². The number of aliphatic carboxylic acids is 1. The lowest BCUT2D eigenvalue weighted by Gasteiger charge is -2.42. The summed E-state index contributed by atoms with van der Waals surface area (Å²) in [6, 6.07) is 16.2. The zero-order valence-electron chi connectivity index (χ0n) is 15.4. The SMILES string of the molecule is COc1cccc(C2=CC3(CCN(CC(=O)O)CC3)Oc3ccccc32)c1. The highest BCUT2D eigenvalue weighted by Crippen LogP contribution is 2.43. The first-order chi connectivity index (χ1) is 13.1. The van der Waals surface area contributed by atoms with E-state index in [-0.39, 0.29) is 6.54 Å². The molecule has 27 heavy (non-hydrogen) atoms. The molecule has 0 saturated carbocycles. The minimum absolute atomic E-state index is 0.0825. The van der Waals surface area contributed by atoms with Gasteiger partial charge in [-0.05, 0) is 35.4 Å². The summed E-state index contributed by atoms with van der Waals surface area (Å²) in [6.07, 6.45) is 3.76. The molecule has 2 aliphatic rings. The fourth-order valence-corrected chi connectivity index (χ4v) is 3.92. The highest BCUT2D eigenvalue weighted by Gasteiger charge is 2.39. The van der Waals surface area contributed by atoms with Crippen LogP contribution in [0.4, 0.5) is 0 Å². The fraction of sp³-hybridized carbons (Fsp3) is 0.318. The van der Waals surface area contributed by atoms with Gasteiger partial charge in [0.2, 0.25) is 0 Å². The third kappa shape index (κ3) is 3.55. The molecule has 5 nitrogen and oxygen atoms in total. The molecule has 0 aromatic heterocycles. The number of hydrogen-bond donors (Lipinski definition) is 1. The molecular formula is C22H23NO4. The molecule has 1 spiro atoms. The van der Waals surface area contributed by atoms with Gasteiger partial charge in [0.25, 0.3) is 0 Å². The van der Waals surface area contributed by atoms with E-state index >= 15 is 0 Å². The maximum Gasteiger partial charge on any atom is 0.317 e. The molecule has 5 heteroatoms. The first kappa shape index (κ1) is 17.6. The number of likely N-dealkylation sites (tertiary alicyclic amines) is 1. The van der Waals surface area contributed by atoms with Gasteiger partial charge in [-0.3, -0.25) is 9.69 Å². The fourth-order valence-electron chi connectivity index (χ4n) is 3.92. The number of nitrogens with zero attached hydrogens (tertiary/aromatic N) is 1. The predicted octanol–water partition coefficient (Wildman–Crippen LogP) is 3.44. The van der Waals surface area contributed by atoms with Crippen LogP contribution in [0.2, 0.25) is 0 Å². The van der Waals surface area contributed by atoms with E-state index in [9.17, 15) is 4.79 Å². The molecule has 140 valence electrons. The second-order valence-electron chi connectivity index (χ2n) is 7.12. The maximum atomic E-state index is 11.0. The van der Waals surface area contributed by atoms with Crippen molar-refractivity contribution in [1.82, 2.24) is 4.90 Å². The summed E-state index contributed by atoms with van der Waals surface area (Å²) in [4.78, 5) is 13.0. The summed E-state index contributed by atoms with van der Waals surface area (Å²) in [5, 5.41) is 9.04. The van der Waals surface area contributed by atoms with Crippen molar-refractivity contribution in [2.45, 2.75) is 18.4 Å². The lowest BCUT2D eigenvalue weighted by Crippen LogP contribution is -2.49. The number of carboxylic acids is 1. The molecular weight excluding hydrogens is 342 g/mol. The third-order valence-corrected chi connectivity index (χ3v) is 5.34. The molecule has 2 aliphatic heterocycles. The Morgan fingerprint density at radius 3 is 2.70 bits per heavy atom. The number of ether oxygens (including phenoxy) is 2. The Morgan fingerprint density at radius 1 is 1.19 bits per heavy atom. The van der Waals surface area contributed by atoms with Crippen LogP contribution in [0.15, 0.2) is 54.6 Å². The molecule has 0 atom stereocenters. The first-order valence-electron chi connectivity index (χ1n) is 9.18.